The van der Waals surface area contributed by atoms with Gasteiger partial charge in [0.25, 0.3) is 0 Å². The van der Waals surface area contributed by atoms with Crippen molar-refractivity contribution in [2.24, 2.45) is 0 Å². The van der Waals surface area contributed by atoms with Gasteiger partial charge in [0.1, 0.15) is 5.75 Å². The van der Waals surface area contributed by atoms with Gasteiger partial charge in [-0.1, -0.05) is 25.5 Å². The van der Waals surface area contributed by atoms with E-state index in [2.05, 4.69) is 24.0 Å². The summed E-state index contributed by atoms with van der Waals surface area (Å²) in [6, 6.07) is 8.17. The van der Waals surface area contributed by atoms with Crippen molar-refractivity contribution in [3.05, 3.63) is 30.5 Å². The number of hydrogen-bond donors (Lipinski definition) is 1. The normalized spacial score (nSPS) is 10.6. The van der Waals surface area contributed by atoms with Crippen LogP contribution in [0.15, 0.2) is 30.5 Å². The van der Waals surface area contributed by atoms with Crippen LogP contribution in [0.2, 0.25) is 0 Å². The predicted octanol–water partition coefficient (Wildman–Crippen LogP) is 3.35. The van der Waals surface area contributed by atoms with Crippen molar-refractivity contribution in [2.75, 3.05) is 6.61 Å². The van der Waals surface area contributed by atoms with Crippen LogP contribution in [0.25, 0.3) is 10.9 Å². The number of benzene rings is 1. The molecule has 0 fully saturated rings. The van der Waals surface area contributed by atoms with Crippen LogP contribution in [-0.2, 0) is 0 Å². The van der Waals surface area contributed by atoms with Gasteiger partial charge in [-0.15, -0.1) is 0 Å². The van der Waals surface area contributed by atoms with Crippen LogP contribution in [0.5, 0.6) is 5.75 Å². The number of aromatic amines is 1. The molecule has 0 aliphatic rings. The first-order chi connectivity index (χ1) is 6.92. The lowest BCUT2D eigenvalue weighted by molar-refractivity contribution is 0.312. The highest BCUT2D eigenvalue weighted by molar-refractivity contribution is 5.85. The fourth-order valence-corrected chi connectivity index (χ4v) is 1.50. The number of unbranched alkanes of at least 4 members (excludes halogenated alkanes) is 1. The van der Waals surface area contributed by atoms with Gasteiger partial charge >= 0.3 is 0 Å². The van der Waals surface area contributed by atoms with Gasteiger partial charge in [-0.2, -0.15) is 0 Å². The lowest BCUT2D eigenvalue weighted by Gasteiger charge is -2.05. The van der Waals surface area contributed by atoms with Crippen molar-refractivity contribution in [1.82, 2.24) is 4.98 Å². The van der Waals surface area contributed by atoms with Crippen molar-refractivity contribution in [3.63, 3.8) is 0 Å². The van der Waals surface area contributed by atoms with Crippen molar-refractivity contribution >= 4 is 10.9 Å². The summed E-state index contributed by atoms with van der Waals surface area (Å²) in [5, 5.41) is 1.21. The summed E-state index contributed by atoms with van der Waals surface area (Å²) in [7, 11) is 0. The predicted molar refractivity (Wildman–Crippen MR) is 58.7 cm³/mol. The van der Waals surface area contributed by atoms with E-state index < -0.39 is 0 Å². The number of para-hydroxylation sites is 1. The molecule has 0 saturated heterocycles. The van der Waals surface area contributed by atoms with Crippen molar-refractivity contribution in [1.29, 1.82) is 0 Å². The second-order valence-electron chi connectivity index (χ2n) is 3.40. The molecule has 1 aromatic heterocycles. The van der Waals surface area contributed by atoms with Crippen molar-refractivity contribution in [2.45, 2.75) is 19.8 Å². The zero-order valence-electron chi connectivity index (χ0n) is 8.42. The Labute approximate surface area is 83.9 Å². The second-order valence-corrected chi connectivity index (χ2v) is 3.40. The van der Waals surface area contributed by atoms with E-state index in [1.807, 2.05) is 18.3 Å². The monoisotopic (exact) mass is 189 g/mol. The SMILES string of the molecule is CCCCOc1cccc2cc[nH]c12. The molecule has 74 valence electrons. The molecule has 0 bridgehead atoms. The van der Waals surface area contributed by atoms with E-state index in [1.165, 1.54) is 11.8 Å². The average molecular weight is 189 g/mol. The van der Waals surface area contributed by atoms with Gasteiger partial charge < -0.3 is 9.72 Å². The highest BCUT2D eigenvalue weighted by atomic mass is 16.5. The number of nitrogens with one attached hydrogen (secondary N) is 1. The van der Waals surface area contributed by atoms with E-state index in [4.69, 9.17) is 4.74 Å². The third-order valence-corrected chi connectivity index (χ3v) is 2.30. The van der Waals surface area contributed by atoms with Crippen LogP contribution in [0.4, 0.5) is 0 Å². The lowest BCUT2D eigenvalue weighted by Crippen LogP contribution is -1.96. The van der Waals surface area contributed by atoms with Crippen LogP contribution in [-0.4, -0.2) is 11.6 Å². The van der Waals surface area contributed by atoms with Crippen LogP contribution >= 0.6 is 0 Å². The Morgan fingerprint density at radius 1 is 1.29 bits per heavy atom. The fourth-order valence-electron chi connectivity index (χ4n) is 1.50. The summed E-state index contributed by atoms with van der Waals surface area (Å²) in [6.07, 6.45) is 4.22. The minimum Gasteiger partial charge on any atom is -0.491 e. The first-order valence-corrected chi connectivity index (χ1v) is 5.10. The number of aromatic nitrogens is 1. The molecule has 2 nitrogen and oxygen atoms in total. The van der Waals surface area contributed by atoms with E-state index >= 15 is 0 Å². The molecule has 0 amide bonds. The largest absolute Gasteiger partial charge is 0.491 e. The van der Waals surface area contributed by atoms with Crippen LogP contribution in [0.1, 0.15) is 19.8 Å². The topological polar surface area (TPSA) is 25.0 Å². The maximum Gasteiger partial charge on any atom is 0.143 e. The Morgan fingerprint density at radius 3 is 3.07 bits per heavy atom. The molecule has 2 rings (SSSR count). The second kappa shape index (κ2) is 4.18. The molecule has 14 heavy (non-hydrogen) atoms. The van der Waals surface area contributed by atoms with Crippen molar-refractivity contribution < 1.29 is 4.74 Å². The zero-order chi connectivity index (χ0) is 9.80. The Morgan fingerprint density at radius 2 is 2.21 bits per heavy atom. The van der Waals surface area contributed by atoms with E-state index in [1.54, 1.807) is 0 Å². The molecule has 0 saturated carbocycles. The molecule has 1 N–H and O–H groups in total. The molecule has 1 aromatic carbocycles. The van der Waals surface area contributed by atoms with Gasteiger partial charge in [0, 0.05) is 11.6 Å². The maximum atomic E-state index is 5.69. The smallest absolute Gasteiger partial charge is 0.143 e. The quantitative estimate of drug-likeness (QED) is 0.733. The summed E-state index contributed by atoms with van der Waals surface area (Å²) in [6.45, 7) is 2.97. The minimum atomic E-state index is 0.800. The summed E-state index contributed by atoms with van der Waals surface area (Å²) >= 11 is 0. The molecule has 0 spiro atoms. The molecule has 2 heteroatoms. The first kappa shape index (κ1) is 9.13. The number of hydrogen-bond acceptors (Lipinski definition) is 1. The van der Waals surface area contributed by atoms with Crippen LogP contribution in [0, 0.1) is 0 Å². The van der Waals surface area contributed by atoms with Gasteiger partial charge in [0.2, 0.25) is 0 Å². The molecule has 0 radical (unpaired) electrons. The maximum absolute atomic E-state index is 5.69. The molecule has 1 heterocycles. The number of fused-ring (bicyclic) bond motifs is 1. The van der Waals surface area contributed by atoms with E-state index in [-0.39, 0.29) is 0 Å². The van der Waals surface area contributed by atoms with E-state index in [0.29, 0.717) is 0 Å². The first-order valence-electron chi connectivity index (χ1n) is 5.10. The summed E-state index contributed by atoms with van der Waals surface area (Å²) in [4.78, 5) is 3.19. The Kier molecular flexibility index (Phi) is 2.73. The highest BCUT2D eigenvalue weighted by Crippen LogP contribution is 2.23. The van der Waals surface area contributed by atoms with Gasteiger partial charge in [0.15, 0.2) is 0 Å². The average Bonchev–Trinajstić information content (AvgIpc) is 2.67. The Bertz CT molecular complexity index is 405. The third-order valence-electron chi connectivity index (χ3n) is 2.30. The van der Waals surface area contributed by atoms with Gasteiger partial charge in [0.05, 0.1) is 12.1 Å². The summed E-state index contributed by atoms with van der Waals surface area (Å²) in [5.41, 5.74) is 1.10. The fraction of sp³-hybridized carbons (Fsp3) is 0.333. The number of rotatable bonds is 4. The summed E-state index contributed by atoms with van der Waals surface area (Å²) in [5.74, 6) is 0.959. The van der Waals surface area contributed by atoms with E-state index in [9.17, 15) is 0 Å². The molecule has 0 aliphatic heterocycles. The van der Waals surface area contributed by atoms with Crippen LogP contribution in [0.3, 0.4) is 0 Å². The minimum absolute atomic E-state index is 0.800. The van der Waals surface area contributed by atoms with Crippen LogP contribution < -0.4 is 4.74 Å². The highest BCUT2D eigenvalue weighted by Gasteiger charge is 2.01. The third kappa shape index (κ3) is 1.74. The molecule has 0 atom stereocenters. The zero-order valence-corrected chi connectivity index (χ0v) is 8.42. The van der Waals surface area contributed by atoms with Crippen molar-refractivity contribution in [3.8, 4) is 5.75 Å². The van der Waals surface area contributed by atoms with Gasteiger partial charge in [-0.25, -0.2) is 0 Å². The molecular weight excluding hydrogens is 174 g/mol. The number of ether oxygens (including phenoxy) is 1. The summed E-state index contributed by atoms with van der Waals surface area (Å²) < 4.78 is 5.69. The Balaban J connectivity index is 2.19. The molecule has 0 aliphatic carbocycles. The molecular formula is C12H15NO. The lowest BCUT2D eigenvalue weighted by atomic mass is 10.2. The molecule has 2 aromatic rings. The standard InChI is InChI=1S/C12H15NO/c1-2-3-9-14-11-6-4-5-10-7-8-13-12(10)11/h4-8,13H,2-3,9H2,1H3. The van der Waals surface area contributed by atoms with Gasteiger partial charge in [-0.3, -0.25) is 0 Å². The van der Waals surface area contributed by atoms with E-state index in [0.717, 1.165) is 24.3 Å². The molecule has 0 unspecified atom stereocenters. The van der Waals surface area contributed by atoms with Gasteiger partial charge in [-0.05, 0) is 18.6 Å². The number of H-pyrrole nitrogens is 1. The Hall–Kier alpha value is -1.44.